The summed E-state index contributed by atoms with van der Waals surface area (Å²) in [6.07, 6.45) is 3.13. The van der Waals surface area contributed by atoms with Gasteiger partial charge in [-0.1, -0.05) is 24.3 Å². The van der Waals surface area contributed by atoms with Gasteiger partial charge in [-0.15, -0.1) is 0 Å². The molecule has 1 aliphatic rings. The first kappa shape index (κ1) is 16.5. The van der Waals surface area contributed by atoms with Crippen LogP contribution < -0.4 is 0 Å². The lowest BCUT2D eigenvalue weighted by Gasteiger charge is -2.33. The van der Waals surface area contributed by atoms with Crippen LogP contribution in [0.4, 0.5) is 0 Å². The molecule has 24 heavy (non-hydrogen) atoms. The van der Waals surface area contributed by atoms with E-state index in [4.69, 9.17) is 0 Å². The molecular formula is C20H24N2O2. The molecule has 2 aromatic rings. The van der Waals surface area contributed by atoms with Crippen molar-refractivity contribution in [3.05, 3.63) is 57.9 Å². The molecule has 0 radical (unpaired) electrons. The number of rotatable bonds is 3. The molecule has 1 aromatic heterocycles. The molecule has 0 unspecified atom stereocenters. The lowest BCUT2D eigenvalue weighted by Crippen LogP contribution is -2.33. The van der Waals surface area contributed by atoms with Gasteiger partial charge in [0, 0.05) is 19.7 Å². The molecule has 1 amide bonds. The minimum atomic E-state index is -0.0414. The molecule has 1 N–H and O–H groups in total. The molecule has 0 spiro atoms. The van der Waals surface area contributed by atoms with E-state index in [1.165, 1.54) is 18.1 Å². The SMILES string of the molecule is CC(=O)c1[nH]c(C)c(C(=O)N(C)[C@@H]2CCCc3ccccc32)c1C. The van der Waals surface area contributed by atoms with Crippen LogP contribution in [0.25, 0.3) is 0 Å². The third-order valence-electron chi connectivity index (χ3n) is 5.13. The fraction of sp³-hybridized carbons (Fsp3) is 0.400. The summed E-state index contributed by atoms with van der Waals surface area (Å²) in [6.45, 7) is 5.22. The molecule has 0 fully saturated rings. The Morgan fingerprint density at radius 1 is 1.21 bits per heavy atom. The van der Waals surface area contributed by atoms with E-state index in [1.54, 1.807) is 0 Å². The number of H-pyrrole nitrogens is 1. The number of aromatic nitrogens is 1. The minimum absolute atomic E-state index is 0.0181. The van der Waals surface area contributed by atoms with Crippen LogP contribution in [0, 0.1) is 13.8 Å². The van der Waals surface area contributed by atoms with Crippen molar-refractivity contribution < 1.29 is 9.59 Å². The summed E-state index contributed by atoms with van der Waals surface area (Å²) in [5.41, 5.74) is 5.26. The first-order valence-corrected chi connectivity index (χ1v) is 8.47. The number of aryl methyl sites for hydroxylation is 2. The van der Waals surface area contributed by atoms with Crippen molar-refractivity contribution in [1.82, 2.24) is 9.88 Å². The third kappa shape index (κ3) is 2.66. The fourth-order valence-electron chi connectivity index (χ4n) is 3.87. The van der Waals surface area contributed by atoms with E-state index < -0.39 is 0 Å². The van der Waals surface area contributed by atoms with Gasteiger partial charge in [0.15, 0.2) is 5.78 Å². The Bertz CT molecular complexity index is 804. The van der Waals surface area contributed by atoms with Crippen molar-refractivity contribution in [3.63, 3.8) is 0 Å². The number of hydrogen-bond acceptors (Lipinski definition) is 2. The van der Waals surface area contributed by atoms with Gasteiger partial charge in [0.25, 0.3) is 5.91 Å². The van der Waals surface area contributed by atoms with Crippen LogP contribution in [-0.4, -0.2) is 28.6 Å². The molecule has 0 bridgehead atoms. The summed E-state index contributed by atoms with van der Waals surface area (Å²) in [5.74, 6) is -0.0595. The van der Waals surface area contributed by atoms with Crippen molar-refractivity contribution >= 4 is 11.7 Å². The second-order valence-electron chi connectivity index (χ2n) is 6.70. The topological polar surface area (TPSA) is 53.2 Å². The van der Waals surface area contributed by atoms with E-state index in [1.807, 2.05) is 31.9 Å². The average Bonchev–Trinajstić information content (AvgIpc) is 2.88. The van der Waals surface area contributed by atoms with Crippen LogP contribution in [0.5, 0.6) is 0 Å². The maximum Gasteiger partial charge on any atom is 0.256 e. The van der Waals surface area contributed by atoms with Gasteiger partial charge in [0.05, 0.1) is 17.3 Å². The molecule has 1 aromatic carbocycles. The predicted molar refractivity (Wildman–Crippen MR) is 94.5 cm³/mol. The van der Waals surface area contributed by atoms with Crippen molar-refractivity contribution in [1.29, 1.82) is 0 Å². The maximum absolute atomic E-state index is 13.1. The van der Waals surface area contributed by atoms with Crippen LogP contribution in [-0.2, 0) is 6.42 Å². The highest BCUT2D eigenvalue weighted by molar-refractivity contribution is 6.02. The summed E-state index contributed by atoms with van der Waals surface area (Å²) in [5, 5.41) is 0. The monoisotopic (exact) mass is 324 g/mol. The number of fused-ring (bicyclic) bond motifs is 1. The van der Waals surface area contributed by atoms with Crippen molar-refractivity contribution in [2.45, 2.75) is 46.1 Å². The quantitative estimate of drug-likeness (QED) is 0.868. The van der Waals surface area contributed by atoms with E-state index in [9.17, 15) is 9.59 Å². The van der Waals surface area contributed by atoms with Crippen LogP contribution in [0.15, 0.2) is 24.3 Å². The van der Waals surface area contributed by atoms with Crippen molar-refractivity contribution in [3.8, 4) is 0 Å². The Morgan fingerprint density at radius 3 is 2.58 bits per heavy atom. The summed E-state index contributed by atoms with van der Waals surface area (Å²) in [4.78, 5) is 29.8. The number of carbonyl (C=O) groups excluding carboxylic acids is 2. The van der Waals surface area contributed by atoms with Gasteiger partial charge in [0.2, 0.25) is 0 Å². The van der Waals surface area contributed by atoms with Gasteiger partial charge in [-0.05, 0) is 49.8 Å². The number of ketones is 1. The van der Waals surface area contributed by atoms with E-state index in [0.717, 1.165) is 30.5 Å². The van der Waals surface area contributed by atoms with E-state index >= 15 is 0 Å². The molecular weight excluding hydrogens is 300 g/mol. The second kappa shape index (κ2) is 6.27. The highest BCUT2D eigenvalue weighted by Gasteiger charge is 2.30. The van der Waals surface area contributed by atoms with Gasteiger partial charge in [-0.25, -0.2) is 0 Å². The Morgan fingerprint density at radius 2 is 1.92 bits per heavy atom. The molecule has 0 aliphatic heterocycles. The molecule has 1 aliphatic carbocycles. The van der Waals surface area contributed by atoms with Gasteiger partial charge < -0.3 is 9.88 Å². The number of benzene rings is 1. The molecule has 4 heteroatoms. The lowest BCUT2D eigenvalue weighted by molar-refractivity contribution is 0.0714. The molecule has 0 saturated heterocycles. The first-order chi connectivity index (χ1) is 11.4. The third-order valence-corrected chi connectivity index (χ3v) is 5.13. The van der Waals surface area contributed by atoms with Gasteiger partial charge >= 0.3 is 0 Å². The zero-order chi connectivity index (χ0) is 17.4. The molecule has 1 heterocycles. The molecule has 3 rings (SSSR count). The zero-order valence-electron chi connectivity index (χ0n) is 14.8. The zero-order valence-corrected chi connectivity index (χ0v) is 14.8. The summed E-state index contributed by atoms with van der Waals surface area (Å²) < 4.78 is 0. The predicted octanol–water partition coefficient (Wildman–Crippen LogP) is 3.98. The smallest absolute Gasteiger partial charge is 0.256 e. The number of Topliss-reactive ketones (excluding diaryl/α,β-unsaturated/α-hetero) is 1. The molecule has 0 saturated carbocycles. The minimum Gasteiger partial charge on any atom is -0.355 e. The number of nitrogens with zero attached hydrogens (tertiary/aromatic N) is 1. The molecule has 1 atom stereocenters. The summed E-state index contributed by atoms with van der Waals surface area (Å²) >= 11 is 0. The number of aromatic amines is 1. The van der Waals surface area contributed by atoms with Gasteiger partial charge in [-0.2, -0.15) is 0 Å². The van der Waals surface area contributed by atoms with E-state index in [0.29, 0.717) is 11.3 Å². The number of carbonyl (C=O) groups is 2. The summed E-state index contributed by atoms with van der Waals surface area (Å²) in [6, 6.07) is 8.47. The van der Waals surface area contributed by atoms with E-state index in [-0.39, 0.29) is 17.7 Å². The Labute approximate surface area is 142 Å². The van der Waals surface area contributed by atoms with Crippen LogP contribution in [0.2, 0.25) is 0 Å². The standard InChI is InChI=1S/C20H24N2O2/c1-12-18(13(2)21-19(12)14(3)23)20(24)22(4)17-11-7-9-15-8-5-6-10-16(15)17/h5-6,8,10,17,21H,7,9,11H2,1-4H3/t17-/m1/s1. The highest BCUT2D eigenvalue weighted by atomic mass is 16.2. The molecule has 126 valence electrons. The van der Waals surface area contributed by atoms with Crippen molar-refractivity contribution in [2.75, 3.05) is 7.05 Å². The van der Waals surface area contributed by atoms with Crippen molar-refractivity contribution in [2.24, 2.45) is 0 Å². The second-order valence-corrected chi connectivity index (χ2v) is 6.70. The largest absolute Gasteiger partial charge is 0.355 e. The normalized spacial score (nSPS) is 16.6. The highest BCUT2D eigenvalue weighted by Crippen LogP contribution is 2.35. The van der Waals surface area contributed by atoms with E-state index in [2.05, 4.69) is 23.2 Å². The maximum atomic E-state index is 13.1. The number of nitrogens with one attached hydrogen (secondary N) is 1. The lowest BCUT2D eigenvalue weighted by atomic mass is 9.86. The van der Waals surface area contributed by atoms with Gasteiger partial charge in [0.1, 0.15) is 0 Å². The first-order valence-electron chi connectivity index (χ1n) is 8.47. The molecule has 4 nitrogen and oxygen atoms in total. The number of hydrogen-bond donors (Lipinski definition) is 1. The average molecular weight is 324 g/mol. The Kier molecular flexibility index (Phi) is 4.31. The Balaban J connectivity index is 1.96. The van der Waals surface area contributed by atoms with Gasteiger partial charge in [-0.3, -0.25) is 9.59 Å². The Hall–Kier alpha value is -2.36. The fourth-order valence-corrected chi connectivity index (χ4v) is 3.87. The summed E-state index contributed by atoms with van der Waals surface area (Å²) in [7, 11) is 1.87. The van der Waals surface area contributed by atoms with Crippen LogP contribution in [0.1, 0.15) is 69.0 Å². The number of amides is 1. The van der Waals surface area contributed by atoms with Crippen LogP contribution in [0.3, 0.4) is 0 Å². The van der Waals surface area contributed by atoms with Crippen LogP contribution >= 0.6 is 0 Å².